The number of benzene rings is 2. The largest absolute Gasteiger partial charge is 0.351 e. The molecule has 1 saturated carbocycles. The Kier molecular flexibility index (Phi) is 8.33. The van der Waals surface area contributed by atoms with Gasteiger partial charge in [0.1, 0.15) is 17.7 Å². The lowest BCUT2D eigenvalue weighted by Gasteiger charge is -2.34. The summed E-state index contributed by atoms with van der Waals surface area (Å²) in [4.78, 5) is 27.7. The minimum absolute atomic E-state index is 0.0808. The molecule has 1 unspecified atom stereocenters. The first-order valence-corrected chi connectivity index (χ1v) is 11.4. The Labute approximate surface area is 192 Å². The van der Waals surface area contributed by atoms with Crippen LogP contribution in [0.15, 0.2) is 48.5 Å². The van der Waals surface area contributed by atoms with E-state index in [-0.39, 0.29) is 36.1 Å². The van der Waals surface area contributed by atoms with Crippen molar-refractivity contribution in [1.82, 2.24) is 10.2 Å². The molecule has 1 aliphatic carbocycles. The normalized spacial score (nSPS) is 19.5. The van der Waals surface area contributed by atoms with E-state index in [4.69, 9.17) is 23.2 Å². The zero-order valence-corrected chi connectivity index (χ0v) is 19.0. The number of alkyl halides is 1. The van der Waals surface area contributed by atoms with Crippen LogP contribution in [0, 0.1) is 11.7 Å². The van der Waals surface area contributed by atoms with Crippen LogP contribution in [0.3, 0.4) is 0 Å². The molecule has 0 heterocycles. The van der Waals surface area contributed by atoms with Gasteiger partial charge in [0.15, 0.2) is 0 Å². The zero-order valence-electron chi connectivity index (χ0n) is 17.5. The van der Waals surface area contributed by atoms with Crippen molar-refractivity contribution in [2.75, 3.05) is 5.88 Å². The average molecular weight is 465 g/mol. The number of hydrogen-bond acceptors (Lipinski definition) is 2. The maximum atomic E-state index is 13.4. The van der Waals surface area contributed by atoms with Gasteiger partial charge in [-0.05, 0) is 67.0 Å². The third-order valence-corrected chi connectivity index (χ3v) is 6.29. The molecular weight excluding hydrogens is 438 g/mol. The summed E-state index contributed by atoms with van der Waals surface area (Å²) in [7, 11) is 0. The fraction of sp³-hybridized carbons (Fsp3) is 0.417. The van der Waals surface area contributed by atoms with Crippen molar-refractivity contribution in [2.45, 2.75) is 51.2 Å². The number of nitrogens with one attached hydrogen (secondary N) is 1. The molecule has 4 nitrogen and oxygen atoms in total. The van der Waals surface area contributed by atoms with E-state index in [0.717, 1.165) is 25.7 Å². The fourth-order valence-corrected chi connectivity index (χ4v) is 4.27. The topological polar surface area (TPSA) is 49.4 Å². The third kappa shape index (κ3) is 6.44. The van der Waals surface area contributed by atoms with Gasteiger partial charge in [0.2, 0.25) is 11.8 Å². The average Bonchev–Trinajstić information content (AvgIpc) is 2.77. The number of hydrogen-bond donors (Lipinski definition) is 1. The second-order valence-electron chi connectivity index (χ2n) is 8.20. The van der Waals surface area contributed by atoms with Crippen molar-refractivity contribution in [3.05, 3.63) is 70.5 Å². The highest BCUT2D eigenvalue weighted by Gasteiger charge is 2.33. The van der Waals surface area contributed by atoms with Crippen LogP contribution in [-0.2, 0) is 16.1 Å². The van der Waals surface area contributed by atoms with Crippen molar-refractivity contribution in [3.8, 4) is 0 Å². The lowest BCUT2D eigenvalue weighted by molar-refractivity contribution is -0.140. The Balaban J connectivity index is 1.90. The van der Waals surface area contributed by atoms with Gasteiger partial charge >= 0.3 is 0 Å². The van der Waals surface area contributed by atoms with E-state index >= 15 is 0 Å². The van der Waals surface area contributed by atoms with Gasteiger partial charge < -0.3 is 10.2 Å². The molecule has 0 aromatic heterocycles. The van der Waals surface area contributed by atoms with Crippen LogP contribution in [0.5, 0.6) is 0 Å². The Morgan fingerprint density at radius 3 is 2.26 bits per heavy atom. The number of carbonyl (C=O) groups excluding carboxylic acids is 2. The summed E-state index contributed by atoms with van der Waals surface area (Å²) < 4.78 is 13.3. The van der Waals surface area contributed by atoms with Gasteiger partial charge in [-0.25, -0.2) is 4.39 Å². The van der Waals surface area contributed by atoms with Crippen LogP contribution in [0.1, 0.15) is 49.8 Å². The minimum Gasteiger partial charge on any atom is -0.351 e. The summed E-state index contributed by atoms with van der Waals surface area (Å²) in [5.74, 6) is -0.592. The van der Waals surface area contributed by atoms with Crippen LogP contribution in [0.25, 0.3) is 0 Å². The summed E-state index contributed by atoms with van der Waals surface area (Å²) in [5.41, 5.74) is 1.35. The fourth-order valence-electron chi connectivity index (χ4n) is 3.99. The lowest BCUT2D eigenvalue weighted by atomic mass is 9.87. The molecule has 2 amide bonds. The molecule has 7 heteroatoms. The molecule has 0 radical (unpaired) electrons. The SMILES string of the molecule is CC1CCC(NC(=O)C(c2ccc(Cl)cc2)N(Cc2ccc(F)cc2)C(=O)CCl)CC1. The van der Waals surface area contributed by atoms with Crippen LogP contribution in [0.4, 0.5) is 4.39 Å². The highest BCUT2D eigenvalue weighted by atomic mass is 35.5. The second-order valence-corrected chi connectivity index (χ2v) is 8.90. The monoisotopic (exact) mass is 464 g/mol. The molecule has 166 valence electrons. The predicted octanol–water partition coefficient (Wildman–Crippen LogP) is 5.48. The first-order valence-electron chi connectivity index (χ1n) is 10.5. The first-order chi connectivity index (χ1) is 14.9. The molecule has 1 aliphatic rings. The van der Waals surface area contributed by atoms with E-state index in [9.17, 15) is 14.0 Å². The second kappa shape index (κ2) is 11.0. The molecule has 1 fully saturated rings. The van der Waals surface area contributed by atoms with E-state index in [0.29, 0.717) is 22.1 Å². The van der Waals surface area contributed by atoms with Crippen LogP contribution < -0.4 is 5.32 Å². The summed E-state index contributed by atoms with van der Waals surface area (Å²) in [6, 6.07) is 12.0. The Hall–Kier alpha value is -2.11. The summed E-state index contributed by atoms with van der Waals surface area (Å²) >= 11 is 11.9. The lowest BCUT2D eigenvalue weighted by Crippen LogP contribution is -2.47. The number of amides is 2. The molecule has 2 aromatic carbocycles. The van der Waals surface area contributed by atoms with Crippen LogP contribution in [-0.4, -0.2) is 28.6 Å². The Morgan fingerprint density at radius 1 is 1.06 bits per heavy atom. The Bertz CT molecular complexity index is 881. The van der Waals surface area contributed by atoms with Gasteiger partial charge in [0, 0.05) is 17.6 Å². The van der Waals surface area contributed by atoms with Crippen molar-refractivity contribution in [2.24, 2.45) is 5.92 Å². The first kappa shape index (κ1) is 23.6. The van der Waals surface area contributed by atoms with E-state index in [1.807, 2.05) is 0 Å². The predicted molar refractivity (Wildman–Crippen MR) is 121 cm³/mol. The summed E-state index contributed by atoms with van der Waals surface area (Å²) in [6.07, 6.45) is 3.97. The summed E-state index contributed by atoms with van der Waals surface area (Å²) in [5, 5.41) is 3.68. The van der Waals surface area contributed by atoms with Crippen molar-refractivity contribution < 1.29 is 14.0 Å². The molecule has 31 heavy (non-hydrogen) atoms. The number of nitrogens with zero attached hydrogens (tertiary/aromatic N) is 1. The maximum Gasteiger partial charge on any atom is 0.247 e. The van der Waals surface area contributed by atoms with Crippen molar-refractivity contribution in [3.63, 3.8) is 0 Å². The molecule has 1 atom stereocenters. The van der Waals surface area contributed by atoms with Crippen molar-refractivity contribution >= 4 is 35.0 Å². The van der Waals surface area contributed by atoms with Gasteiger partial charge in [-0.15, -0.1) is 11.6 Å². The van der Waals surface area contributed by atoms with E-state index in [1.54, 1.807) is 36.4 Å². The highest BCUT2D eigenvalue weighted by Crippen LogP contribution is 2.28. The molecule has 0 aliphatic heterocycles. The van der Waals surface area contributed by atoms with E-state index < -0.39 is 6.04 Å². The minimum atomic E-state index is -0.868. The number of halogens is 3. The van der Waals surface area contributed by atoms with Gasteiger partial charge in [-0.2, -0.15) is 0 Å². The number of rotatable bonds is 7. The zero-order chi connectivity index (χ0) is 22.4. The molecule has 0 saturated heterocycles. The van der Waals surface area contributed by atoms with E-state index in [1.165, 1.54) is 17.0 Å². The maximum absolute atomic E-state index is 13.4. The standard InChI is InChI=1S/C24H27Cl2FN2O2/c1-16-2-12-21(13-3-16)28-24(31)23(18-6-8-19(26)9-7-18)29(22(30)14-25)15-17-4-10-20(27)11-5-17/h4-11,16,21,23H,2-3,12-15H2,1H3,(H,28,31). The Morgan fingerprint density at radius 2 is 1.68 bits per heavy atom. The van der Waals surface area contributed by atoms with Crippen molar-refractivity contribution in [1.29, 1.82) is 0 Å². The van der Waals surface area contributed by atoms with Gasteiger partial charge in [0.05, 0.1) is 0 Å². The molecule has 1 N–H and O–H groups in total. The van der Waals surface area contributed by atoms with Crippen LogP contribution >= 0.6 is 23.2 Å². The van der Waals surface area contributed by atoms with E-state index in [2.05, 4.69) is 12.2 Å². The summed E-state index contributed by atoms with van der Waals surface area (Å²) in [6.45, 7) is 2.35. The molecule has 0 bridgehead atoms. The number of carbonyl (C=O) groups is 2. The van der Waals surface area contributed by atoms with Gasteiger partial charge in [-0.1, -0.05) is 42.8 Å². The quantitative estimate of drug-likeness (QED) is 0.551. The molecular formula is C24H27Cl2FN2O2. The molecule has 2 aromatic rings. The third-order valence-electron chi connectivity index (χ3n) is 5.81. The smallest absolute Gasteiger partial charge is 0.247 e. The highest BCUT2D eigenvalue weighted by molar-refractivity contribution is 6.30. The van der Waals surface area contributed by atoms with Gasteiger partial charge in [0.25, 0.3) is 0 Å². The van der Waals surface area contributed by atoms with Crippen LogP contribution in [0.2, 0.25) is 5.02 Å². The molecule has 3 rings (SSSR count). The molecule has 0 spiro atoms. The van der Waals surface area contributed by atoms with Gasteiger partial charge in [-0.3, -0.25) is 9.59 Å².